The monoisotopic (exact) mass is 625 g/mol. The molecule has 2 atom stereocenters. The van der Waals surface area contributed by atoms with Gasteiger partial charge in [0, 0.05) is 6.42 Å². The van der Waals surface area contributed by atoms with Crippen molar-refractivity contribution in [2.75, 3.05) is 30.2 Å². The van der Waals surface area contributed by atoms with Gasteiger partial charge in [-0.3, -0.25) is 4.57 Å². The first kappa shape index (κ1) is 35.8. The molecule has 0 aliphatic heterocycles. The quantitative estimate of drug-likeness (QED) is 0.0601. The third-order valence-electron chi connectivity index (χ3n) is 7.03. The molecule has 9 nitrogen and oxygen atoms in total. The van der Waals surface area contributed by atoms with E-state index in [1.165, 1.54) is 70.2 Å². The van der Waals surface area contributed by atoms with Crippen molar-refractivity contribution < 1.29 is 18.7 Å². The molecule has 0 spiro atoms. The van der Waals surface area contributed by atoms with Crippen molar-refractivity contribution in [2.45, 2.75) is 116 Å². The minimum atomic E-state index is -3.80. The number of imidazole rings is 1. The Morgan fingerprint density at radius 2 is 1.71 bits per heavy atom. The normalized spacial score (nSPS) is 14.1. The van der Waals surface area contributed by atoms with Crippen LogP contribution in [0.3, 0.4) is 0 Å². The van der Waals surface area contributed by atoms with Gasteiger partial charge >= 0.3 is 7.60 Å². The Kier molecular flexibility index (Phi) is 17.2. The Balaban J connectivity index is 1.39. The van der Waals surface area contributed by atoms with Crippen LogP contribution in [0.1, 0.15) is 84.5 Å². The number of aromatic nitrogens is 4. The molecule has 0 fully saturated rings. The molecule has 41 heavy (non-hydrogen) atoms. The number of ether oxygens (including phenoxy) is 1. The molecule has 0 radical (unpaired) electrons. The van der Waals surface area contributed by atoms with Gasteiger partial charge in [-0.05, 0) is 43.7 Å². The number of thioether (sulfide) groups is 1. The number of nitrogens with two attached hydrogens (primary N) is 1. The summed E-state index contributed by atoms with van der Waals surface area (Å²) in [5, 5.41) is 0. The van der Waals surface area contributed by atoms with Crippen LogP contribution >= 0.6 is 19.4 Å². The first-order valence-corrected chi connectivity index (χ1v) is 21.3. The Bertz CT molecular complexity index is 1120. The zero-order valence-electron chi connectivity index (χ0n) is 25.6. The highest BCUT2D eigenvalue weighted by atomic mass is 32.2. The van der Waals surface area contributed by atoms with E-state index in [0.717, 1.165) is 24.3 Å². The minimum Gasteiger partial charge on any atom is -0.382 e. The molecule has 12 heteroatoms. The summed E-state index contributed by atoms with van der Waals surface area (Å²) in [5.41, 5.74) is 10.5. The van der Waals surface area contributed by atoms with E-state index < -0.39 is 15.7 Å². The summed E-state index contributed by atoms with van der Waals surface area (Å²) in [6, 6.07) is 1.25. The van der Waals surface area contributed by atoms with E-state index in [2.05, 4.69) is 46.4 Å². The van der Waals surface area contributed by atoms with Crippen molar-refractivity contribution in [1.29, 1.82) is 0 Å². The summed E-state index contributed by atoms with van der Waals surface area (Å²) < 4.78 is 24.9. The standard InChI is InChI=1S/C29H52N5O4PSSi/c1-5-41(3,4)21-16-14-12-10-8-6-7-9-11-13-15-19-40-20-17-18-38-39(35,36)25-37-26(2)22-34-24-33-27-28(30)31-23-32-29(27)34/h23-24,26H,5-15,17-20,22,25H2,1-4H3,(H,35,36)(H2,30,31,32)/t26-/m1/s1. The largest absolute Gasteiger partial charge is 0.382 e. The smallest absolute Gasteiger partial charge is 0.353 e. The lowest BCUT2D eigenvalue weighted by atomic mass is 10.1. The van der Waals surface area contributed by atoms with E-state index in [1.54, 1.807) is 10.9 Å². The number of unbranched alkanes of at least 4 members (excludes halogenated alkanes) is 9. The van der Waals surface area contributed by atoms with Crippen LogP contribution < -0.4 is 5.73 Å². The molecule has 2 rings (SSSR count). The molecular weight excluding hydrogens is 573 g/mol. The molecule has 3 N–H and O–H groups in total. The average molecular weight is 626 g/mol. The topological polar surface area (TPSA) is 125 Å². The zero-order chi connectivity index (χ0) is 30.0. The number of rotatable bonds is 22. The maximum absolute atomic E-state index is 12.3. The van der Waals surface area contributed by atoms with Crippen LogP contribution in [0.4, 0.5) is 5.82 Å². The SMILES string of the molecule is CC[Si](C)(C)C#CCCCCCCCCCCCSCCCOP(=O)(O)CO[C@H](C)Cn1cnc2c(N)ncnc21. The van der Waals surface area contributed by atoms with Crippen molar-refractivity contribution in [3.8, 4) is 11.5 Å². The summed E-state index contributed by atoms with van der Waals surface area (Å²) in [7, 11) is -5.01. The first-order chi connectivity index (χ1) is 19.6. The van der Waals surface area contributed by atoms with Crippen LogP contribution in [0.2, 0.25) is 19.1 Å². The van der Waals surface area contributed by atoms with E-state index >= 15 is 0 Å². The molecule has 2 heterocycles. The maximum atomic E-state index is 12.3. The molecule has 2 aromatic heterocycles. The second-order valence-electron chi connectivity index (χ2n) is 11.3. The number of nitrogen functional groups attached to an aromatic ring is 1. The molecule has 0 aliphatic rings. The number of hydrogen-bond acceptors (Lipinski definition) is 8. The highest BCUT2D eigenvalue weighted by molar-refractivity contribution is 7.99. The predicted octanol–water partition coefficient (Wildman–Crippen LogP) is 7.27. The molecule has 0 aromatic carbocycles. The Hall–Kier alpha value is -1.41. The Labute approximate surface area is 252 Å². The fourth-order valence-electron chi connectivity index (χ4n) is 4.14. The van der Waals surface area contributed by atoms with Crippen molar-refractivity contribution in [1.82, 2.24) is 19.5 Å². The van der Waals surface area contributed by atoms with Crippen LogP contribution in [0.15, 0.2) is 12.7 Å². The van der Waals surface area contributed by atoms with Gasteiger partial charge in [0.25, 0.3) is 0 Å². The van der Waals surface area contributed by atoms with Gasteiger partial charge in [-0.2, -0.15) is 11.8 Å². The average Bonchev–Trinajstić information content (AvgIpc) is 3.35. The second kappa shape index (κ2) is 19.7. The highest BCUT2D eigenvalue weighted by Gasteiger charge is 2.21. The molecular formula is C29H52N5O4PSSi. The fraction of sp³-hybridized carbons (Fsp3) is 0.759. The van der Waals surface area contributed by atoms with Crippen LogP contribution in [0, 0.1) is 11.5 Å². The van der Waals surface area contributed by atoms with E-state index in [4.69, 9.17) is 15.0 Å². The van der Waals surface area contributed by atoms with Crippen LogP contribution in [-0.4, -0.2) is 63.1 Å². The van der Waals surface area contributed by atoms with Gasteiger partial charge in [-0.25, -0.2) is 15.0 Å². The van der Waals surface area contributed by atoms with Gasteiger partial charge in [0.2, 0.25) is 0 Å². The minimum absolute atomic E-state index is 0.256. The van der Waals surface area contributed by atoms with Crippen LogP contribution in [0.25, 0.3) is 11.2 Å². The molecule has 0 bridgehead atoms. The molecule has 1 unspecified atom stereocenters. The Morgan fingerprint density at radius 1 is 1.05 bits per heavy atom. The van der Waals surface area contributed by atoms with Gasteiger partial charge in [0.05, 0.1) is 25.6 Å². The van der Waals surface area contributed by atoms with Crippen LogP contribution in [-0.2, 0) is 20.4 Å². The van der Waals surface area contributed by atoms with E-state index in [0.29, 0.717) is 23.5 Å². The summed E-state index contributed by atoms with van der Waals surface area (Å²) in [6.45, 7) is 9.46. The summed E-state index contributed by atoms with van der Waals surface area (Å²) in [6.07, 6.45) is 15.9. The first-order valence-electron chi connectivity index (χ1n) is 15.2. The van der Waals surface area contributed by atoms with Gasteiger partial charge in [-0.15, -0.1) is 11.5 Å². The van der Waals surface area contributed by atoms with E-state index in [1.807, 2.05) is 18.7 Å². The summed E-state index contributed by atoms with van der Waals surface area (Å²) in [5.74, 6) is 5.79. The number of anilines is 1. The van der Waals surface area contributed by atoms with Gasteiger partial charge in [-0.1, -0.05) is 65.0 Å². The Morgan fingerprint density at radius 3 is 2.41 bits per heavy atom. The lowest BCUT2D eigenvalue weighted by Crippen LogP contribution is -2.21. The number of nitrogens with zero attached hydrogens (tertiary/aromatic N) is 4. The van der Waals surface area contributed by atoms with Gasteiger partial charge < -0.3 is 24.5 Å². The predicted molar refractivity (Wildman–Crippen MR) is 175 cm³/mol. The lowest BCUT2D eigenvalue weighted by molar-refractivity contribution is 0.0718. The van der Waals surface area contributed by atoms with Crippen molar-refractivity contribution in [3.63, 3.8) is 0 Å². The van der Waals surface area contributed by atoms with Crippen molar-refractivity contribution in [3.05, 3.63) is 12.7 Å². The molecule has 0 saturated heterocycles. The van der Waals surface area contributed by atoms with E-state index in [9.17, 15) is 9.46 Å². The van der Waals surface area contributed by atoms with Crippen LogP contribution in [0.5, 0.6) is 0 Å². The van der Waals surface area contributed by atoms with E-state index in [-0.39, 0.29) is 19.1 Å². The third kappa shape index (κ3) is 15.6. The number of hydrogen-bond donors (Lipinski definition) is 2. The highest BCUT2D eigenvalue weighted by Crippen LogP contribution is 2.42. The summed E-state index contributed by atoms with van der Waals surface area (Å²) >= 11 is 1.89. The molecule has 0 saturated carbocycles. The fourth-order valence-corrected chi connectivity index (χ4v) is 6.78. The van der Waals surface area contributed by atoms with Gasteiger partial charge in [0.1, 0.15) is 26.3 Å². The molecule has 0 amide bonds. The van der Waals surface area contributed by atoms with Crippen molar-refractivity contribution >= 4 is 44.4 Å². The zero-order valence-corrected chi connectivity index (χ0v) is 28.4. The molecule has 0 aliphatic carbocycles. The van der Waals surface area contributed by atoms with Gasteiger partial charge in [0.15, 0.2) is 11.5 Å². The lowest BCUT2D eigenvalue weighted by Gasteiger charge is -2.17. The maximum Gasteiger partial charge on any atom is 0.353 e. The summed E-state index contributed by atoms with van der Waals surface area (Å²) in [4.78, 5) is 22.4. The number of fused-ring (bicyclic) bond motifs is 1. The molecule has 232 valence electrons. The molecule has 2 aromatic rings. The third-order valence-corrected chi connectivity index (χ3v) is 11.9. The van der Waals surface area contributed by atoms with Crippen molar-refractivity contribution in [2.24, 2.45) is 0 Å². The second-order valence-corrected chi connectivity index (χ2v) is 19.1.